The third-order valence-corrected chi connectivity index (χ3v) is 3.76. The molecule has 0 saturated heterocycles. The summed E-state index contributed by atoms with van der Waals surface area (Å²) < 4.78 is 5.12. The topological polar surface area (TPSA) is 29.5 Å². The molecule has 0 amide bonds. The van der Waals surface area contributed by atoms with Gasteiger partial charge in [0.2, 0.25) is 0 Å². The van der Waals surface area contributed by atoms with Gasteiger partial charge >= 0.3 is 0 Å². The summed E-state index contributed by atoms with van der Waals surface area (Å²) in [7, 11) is 1.65. The highest BCUT2D eigenvalue weighted by atomic mass is 32.1. The molecular formula is C15H18O2S. The molecule has 2 rings (SSSR count). The molecule has 0 fully saturated rings. The van der Waals surface area contributed by atoms with Crippen LogP contribution < -0.4 is 4.74 Å². The van der Waals surface area contributed by atoms with E-state index < -0.39 is 5.60 Å². The van der Waals surface area contributed by atoms with E-state index in [1.807, 2.05) is 42.6 Å². The Morgan fingerprint density at radius 1 is 1.17 bits per heavy atom. The van der Waals surface area contributed by atoms with Crippen molar-refractivity contribution in [3.63, 3.8) is 0 Å². The fraction of sp³-hybridized carbons (Fsp3) is 0.333. The van der Waals surface area contributed by atoms with E-state index in [4.69, 9.17) is 4.74 Å². The minimum absolute atomic E-state index is 0.648. The zero-order chi connectivity index (χ0) is 13.0. The highest BCUT2D eigenvalue weighted by Crippen LogP contribution is 2.22. The summed E-state index contributed by atoms with van der Waals surface area (Å²) in [5.74, 6) is 0.844. The van der Waals surface area contributed by atoms with Crippen molar-refractivity contribution < 1.29 is 9.84 Å². The molecule has 18 heavy (non-hydrogen) atoms. The van der Waals surface area contributed by atoms with Crippen LogP contribution in [0.1, 0.15) is 17.4 Å². The average Bonchev–Trinajstić information content (AvgIpc) is 2.81. The molecule has 0 aliphatic rings. The Morgan fingerprint density at radius 2 is 1.89 bits per heavy atom. The summed E-state index contributed by atoms with van der Waals surface area (Å²) >= 11 is 1.69. The molecule has 2 aromatic rings. The molecule has 1 unspecified atom stereocenters. The summed E-state index contributed by atoms with van der Waals surface area (Å²) in [4.78, 5) is 1.22. The second-order valence-electron chi connectivity index (χ2n) is 4.78. The molecule has 1 heterocycles. The number of ether oxygens (including phenoxy) is 1. The SMILES string of the molecule is COc1ccc(CC(C)(O)Cc2cccs2)cc1. The van der Waals surface area contributed by atoms with Crippen molar-refractivity contribution >= 4 is 11.3 Å². The molecule has 2 nitrogen and oxygen atoms in total. The van der Waals surface area contributed by atoms with Gasteiger partial charge in [0.05, 0.1) is 12.7 Å². The van der Waals surface area contributed by atoms with E-state index in [9.17, 15) is 5.11 Å². The van der Waals surface area contributed by atoms with Gasteiger partial charge in [0, 0.05) is 17.7 Å². The maximum atomic E-state index is 10.4. The number of methoxy groups -OCH3 is 1. The summed E-state index contributed by atoms with van der Waals surface area (Å²) in [5.41, 5.74) is 0.414. The standard InChI is InChI=1S/C15H18O2S/c1-15(16,11-14-4-3-9-18-14)10-12-5-7-13(17-2)8-6-12/h3-9,16H,10-11H2,1-2H3. The van der Waals surface area contributed by atoms with Gasteiger partial charge in [-0.2, -0.15) is 0 Å². The second kappa shape index (κ2) is 5.55. The lowest BCUT2D eigenvalue weighted by Crippen LogP contribution is -2.29. The first kappa shape index (κ1) is 13.1. The van der Waals surface area contributed by atoms with Crippen molar-refractivity contribution in [2.75, 3.05) is 7.11 Å². The lowest BCUT2D eigenvalue weighted by molar-refractivity contribution is 0.0616. The van der Waals surface area contributed by atoms with Crippen molar-refractivity contribution in [3.05, 3.63) is 52.2 Å². The normalized spacial score (nSPS) is 14.2. The fourth-order valence-corrected chi connectivity index (χ4v) is 2.92. The smallest absolute Gasteiger partial charge is 0.118 e. The molecule has 0 spiro atoms. The Balaban J connectivity index is 2.02. The highest BCUT2D eigenvalue weighted by Gasteiger charge is 2.22. The first-order valence-corrected chi connectivity index (χ1v) is 6.85. The molecule has 0 aliphatic carbocycles. The van der Waals surface area contributed by atoms with Gasteiger partial charge in [0.25, 0.3) is 0 Å². The Kier molecular flexibility index (Phi) is 4.04. The number of aliphatic hydroxyl groups is 1. The minimum Gasteiger partial charge on any atom is -0.497 e. The van der Waals surface area contributed by atoms with E-state index >= 15 is 0 Å². The van der Waals surface area contributed by atoms with Crippen LogP contribution in [0.2, 0.25) is 0 Å². The number of rotatable bonds is 5. The highest BCUT2D eigenvalue weighted by molar-refractivity contribution is 7.09. The van der Waals surface area contributed by atoms with Crippen molar-refractivity contribution in [1.82, 2.24) is 0 Å². The molecule has 0 bridgehead atoms. The van der Waals surface area contributed by atoms with E-state index in [-0.39, 0.29) is 0 Å². The lowest BCUT2D eigenvalue weighted by atomic mass is 9.92. The maximum Gasteiger partial charge on any atom is 0.118 e. The second-order valence-corrected chi connectivity index (χ2v) is 5.81. The molecule has 1 aromatic carbocycles. The summed E-state index contributed by atoms with van der Waals surface area (Å²) in [6.07, 6.45) is 1.34. The van der Waals surface area contributed by atoms with Crippen LogP contribution in [0.3, 0.4) is 0 Å². The summed E-state index contributed by atoms with van der Waals surface area (Å²) in [6, 6.07) is 11.9. The van der Waals surface area contributed by atoms with Crippen molar-refractivity contribution in [2.24, 2.45) is 0 Å². The molecule has 3 heteroatoms. The van der Waals surface area contributed by atoms with Crippen LogP contribution in [-0.4, -0.2) is 17.8 Å². The predicted octanol–water partition coefficient (Wildman–Crippen LogP) is 3.29. The van der Waals surface area contributed by atoms with Crippen LogP contribution >= 0.6 is 11.3 Å². The van der Waals surface area contributed by atoms with Gasteiger partial charge in [-0.05, 0) is 36.1 Å². The number of hydrogen-bond donors (Lipinski definition) is 1. The van der Waals surface area contributed by atoms with E-state index in [0.29, 0.717) is 12.8 Å². The predicted molar refractivity (Wildman–Crippen MR) is 75.3 cm³/mol. The largest absolute Gasteiger partial charge is 0.497 e. The third kappa shape index (κ3) is 3.59. The maximum absolute atomic E-state index is 10.4. The van der Waals surface area contributed by atoms with Gasteiger partial charge in [-0.25, -0.2) is 0 Å². The molecule has 0 aliphatic heterocycles. The monoisotopic (exact) mass is 262 g/mol. The van der Waals surface area contributed by atoms with E-state index in [0.717, 1.165) is 11.3 Å². The quantitative estimate of drug-likeness (QED) is 0.896. The van der Waals surface area contributed by atoms with Gasteiger partial charge in [0.15, 0.2) is 0 Å². The fourth-order valence-electron chi connectivity index (χ4n) is 2.03. The van der Waals surface area contributed by atoms with Gasteiger partial charge in [-0.15, -0.1) is 11.3 Å². The summed E-state index contributed by atoms with van der Waals surface area (Å²) in [5, 5.41) is 12.5. The molecule has 0 radical (unpaired) electrons. The van der Waals surface area contributed by atoms with Crippen LogP contribution in [0, 0.1) is 0 Å². The van der Waals surface area contributed by atoms with Crippen LogP contribution in [0.25, 0.3) is 0 Å². The Labute approximate surface area is 112 Å². The first-order valence-electron chi connectivity index (χ1n) is 5.97. The molecular weight excluding hydrogens is 244 g/mol. The Bertz CT molecular complexity index is 472. The molecule has 0 saturated carbocycles. The van der Waals surface area contributed by atoms with Crippen molar-refractivity contribution in [1.29, 1.82) is 0 Å². The third-order valence-electron chi connectivity index (χ3n) is 2.88. The minimum atomic E-state index is -0.709. The van der Waals surface area contributed by atoms with Gasteiger partial charge < -0.3 is 9.84 Å². The molecule has 1 aromatic heterocycles. The Morgan fingerprint density at radius 3 is 2.44 bits per heavy atom. The van der Waals surface area contributed by atoms with Crippen LogP contribution in [0.5, 0.6) is 5.75 Å². The average molecular weight is 262 g/mol. The molecule has 96 valence electrons. The summed E-state index contributed by atoms with van der Waals surface area (Å²) in [6.45, 7) is 1.89. The van der Waals surface area contributed by atoms with E-state index in [1.165, 1.54) is 4.88 Å². The van der Waals surface area contributed by atoms with Gasteiger partial charge in [0.1, 0.15) is 5.75 Å². The number of thiophene rings is 1. The number of hydrogen-bond acceptors (Lipinski definition) is 3. The molecule has 1 N–H and O–H groups in total. The first-order chi connectivity index (χ1) is 8.59. The number of benzene rings is 1. The van der Waals surface area contributed by atoms with Crippen molar-refractivity contribution in [3.8, 4) is 5.75 Å². The molecule has 1 atom stereocenters. The van der Waals surface area contributed by atoms with Crippen LogP contribution in [-0.2, 0) is 12.8 Å². The zero-order valence-corrected chi connectivity index (χ0v) is 11.5. The van der Waals surface area contributed by atoms with E-state index in [2.05, 4.69) is 6.07 Å². The lowest BCUT2D eigenvalue weighted by Gasteiger charge is -2.22. The van der Waals surface area contributed by atoms with E-state index in [1.54, 1.807) is 18.4 Å². The van der Waals surface area contributed by atoms with Crippen molar-refractivity contribution in [2.45, 2.75) is 25.4 Å². The van der Waals surface area contributed by atoms with Gasteiger partial charge in [-0.3, -0.25) is 0 Å². The zero-order valence-electron chi connectivity index (χ0n) is 10.7. The van der Waals surface area contributed by atoms with Crippen LogP contribution in [0.15, 0.2) is 41.8 Å². The van der Waals surface area contributed by atoms with Gasteiger partial charge in [-0.1, -0.05) is 18.2 Å². The van der Waals surface area contributed by atoms with Crippen LogP contribution in [0.4, 0.5) is 0 Å². The Hall–Kier alpha value is -1.32.